The number of ether oxygens (including phenoxy) is 1. The second-order valence-corrected chi connectivity index (χ2v) is 6.93. The van der Waals surface area contributed by atoms with Crippen molar-refractivity contribution in [3.05, 3.63) is 34.2 Å². The Morgan fingerprint density at radius 3 is 2.67 bits per heavy atom. The molecule has 1 aliphatic rings. The molecule has 1 aromatic carbocycles. The largest absolute Gasteiger partial charge is 0.493 e. The van der Waals surface area contributed by atoms with Crippen LogP contribution in [0.15, 0.2) is 23.1 Å². The Balaban J connectivity index is 2.03. The van der Waals surface area contributed by atoms with E-state index in [9.17, 15) is 9.59 Å². The third-order valence-electron chi connectivity index (χ3n) is 4.89. The molecule has 1 N–H and O–H groups in total. The number of hydrogen-bond donors (Lipinski definition) is 1. The quantitative estimate of drug-likeness (QED) is 0.759. The number of benzene rings is 1. The van der Waals surface area contributed by atoms with Crippen LogP contribution in [0.4, 0.5) is 5.95 Å². The average Bonchev–Trinajstić information content (AvgIpc) is 3.31. The monoisotopic (exact) mass is 369 g/mol. The molecule has 1 saturated heterocycles. The van der Waals surface area contributed by atoms with E-state index < -0.39 is 0 Å². The first-order chi connectivity index (χ1) is 13.0. The SMILES string of the molecule is CCOc1cc2c(cc1C(=O)N(C)C)[nH]c(=O)c1cnc(N3CCCC3)n12. The van der Waals surface area contributed by atoms with Gasteiger partial charge in [0.2, 0.25) is 5.95 Å². The summed E-state index contributed by atoms with van der Waals surface area (Å²) in [4.78, 5) is 36.2. The highest BCUT2D eigenvalue weighted by molar-refractivity contribution is 6.00. The summed E-state index contributed by atoms with van der Waals surface area (Å²) in [5, 5.41) is 0. The lowest BCUT2D eigenvalue weighted by Crippen LogP contribution is -2.23. The van der Waals surface area contributed by atoms with E-state index in [0.717, 1.165) is 37.4 Å². The van der Waals surface area contributed by atoms with Crippen molar-refractivity contribution in [3.63, 3.8) is 0 Å². The minimum atomic E-state index is -0.229. The third kappa shape index (κ3) is 2.81. The highest BCUT2D eigenvalue weighted by atomic mass is 16.5. The van der Waals surface area contributed by atoms with Crippen molar-refractivity contribution in [1.82, 2.24) is 19.3 Å². The van der Waals surface area contributed by atoms with Gasteiger partial charge in [-0.25, -0.2) is 4.98 Å². The third-order valence-corrected chi connectivity index (χ3v) is 4.89. The topological polar surface area (TPSA) is 82.9 Å². The molecule has 1 amide bonds. The highest BCUT2D eigenvalue weighted by Gasteiger charge is 2.22. The van der Waals surface area contributed by atoms with Gasteiger partial charge in [0.05, 0.1) is 29.4 Å². The maximum Gasteiger partial charge on any atom is 0.274 e. The van der Waals surface area contributed by atoms with Crippen molar-refractivity contribution in [2.45, 2.75) is 19.8 Å². The molecule has 8 nitrogen and oxygen atoms in total. The van der Waals surface area contributed by atoms with E-state index in [0.29, 0.717) is 29.0 Å². The van der Waals surface area contributed by atoms with Crippen LogP contribution in [-0.2, 0) is 0 Å². The lowest BCUT2D eigenvalue weighted by Gasteiger charge is -2.18. The first-order valence-corrected chi connectivity index (χ1v) is 9.18. The molecule has 2 aromatic heterocycles. The van der Waals surface area contributed by atoms with Crippen LogP contribution in [0.1, 0.15) is 30.1 Å². The molecule has 0 radical (unpaired) electrons. The zero-order valence-electron chi connectivity index (χ0n) is 15.8. The summed E-state index contributed by atoms with van der Waals surface area (Å²) in [6, 6.07) is 3.51. The number of hydrogen-bond acceptors (Lipinski definition) is 5. The van der Waals surface area contributed by atoms with E-state index in [-0.39, 0.29) is 11.5 Å². The number of nitrogens with zero attached hydrogens (tertiary/aromatic N) is 4. The van der Waals surface area contributed by atoms with Gasteiger partial charge in [0.15, 0.2) is 0 Å². The summed E-state index contributed by atoms with van der Waals surface area (Å²) >= 11 is 0. The number of fused-ring (bicyclic) bond motifs is 3. The molecule has 1 aliphatic heterocycles. The van der Waals surface area contributed by atoms with Crippen LogP contribution in [0.3, 0.4) is 0 Å². The van der Waals surface area contributed by atoms with Gasteiger partial charge in [0, 0.05) is 33.3 Å². The maximum absolute atomic E-state index is 12.6. The van der Waals surface area contributed by atoms with Crippen LogP contribution in [0.2, 0.25) is 0 Å². The van der Waals surface area contributed by atoms with Crippen molar-refractivity contribution in [3.8, 4) is 5.75 Å². The predicted octanol–water partition coefficient (Wildman–Crippen LogP) is 1.88. The molecule has 0 unspecified atom stereocenters. The fraction of sp³-hybridized carbons (Fsp3) is 0.421. The number of carbonyl (C=O) groups is 1. The fourth-order valence-electron chi connectivity index (χ4n) is 3.60. The van der Waals surface area contributed by atoms with Gasteiger partial charge in [-0.05, 0) is 25.8 Å². The summed E-state index contributed by atoms with van der Waals surface area (Å²) < 4.78 is 7.62. The Morgan fingerprint density at radius 1 is 1.26 bits per heavy atom. The predicted molar refractivity (Wildman–Crippen MR) is 104 cm³/mol. The number of carbonyl (C=O) groups excluding carboxylic acids is 1. The van der Waals surface area contributed by atoms with E-state index >= 15 is 0 Å². The molecular formula is C19H23N5O3. The molecule has 0 atom stereocenters. The van der Waals surface area contributed by atoms with Crippen LogP contribution in [0.25, 0.3) is 16.6 Å². The van der Waals surface area contributed by atoms with Gasteiger partial charge in [-0.15, -0.1) is 0 Å². The number of anilines is 1. The molecule has 0 bridgehead atoms. The Morgan fingerprint density at radius 2 is 2.00 bits per heavy atom. The number of H-pyrrole nitrogens is 1. The molecule has 3 aromatic rings. The van der Waals surface area contributed by atoms with Crippen LogP contribution in [-0.4, -0.2) is 59.0 Å². The lowest BCUT2D eigenvalue weighted by atomic mass is 10.1. The molecule has 142 valence electrons. The molecular weight excluding hydrogens is 346 g/mol. The van der Waals surface area contributed by atoms with Gasteiger partial charge in [0.25, 0.3) is 11.5 Å². The second kappa shape index (κ2) is 6.61. The fourth-order valence-corrected chi connectivity index (χ4v) is 3.60. The lowest BCUT2D eigenvalue weighted by molar-refractivity contribution is 0.0823. The Labute approximate surface area is 156 Å². The molecule has 0 spiro atoms. The summed E-state index contributed by atoms with van der Waals surface area (Å²) in [6.45, 7) is 4.16. The molecule has 27 heavy (non-hydrogen) atoms. The number of nitrogens with one attached hydrogen (secondary N) is 1. The van der Waals surface area contributed by atoms with Crippen molar-refractivity contribution < 1.29 is 9.53 Å². The van der Waals surface area contributed by atoms with Crippen LogP contribution in [0.5, 0.6) is 5.75 Å². The second-order valence-electron chi connectivity index (χ2n) is 6.93. The van der Waals surface area contributed by atoms with Crippen molar-refractivity contribution >= 4 is 28.4 Å². The average molecular weight is 369 g/mol. The number of aromatic amines is 1. The zero-order valence-corrected chi connectivity index (χ0v) is 15.8. The summed E-state index contributed by atoms with van der Waals surface area (Å²) in [7, 11) is 3.38. The van der Waals surface area contributed by atoms with Gasteiger partial charge < -0.3 is 19.5 Å². The maximum atomic E-state index is 12.6. The van der Waals surface area contributed by atoms with Crippen molar-refractivity contribution in [2.75, 3.05) is 38.7 Å². The van der Waals surface area contributed by atoms with Crippen molar-refractivity contribution in [2.24, 2.45) is 0 Å². The van der Waals surface area contributed by atoms with E-state index in [4.69, 9.17) is 4.74 Å². The smallest absolute Gasteiger partial charge is 0.274 e. The minimum Gasteiger partial charge on any atom is -0.493 e. The Hall–Kier alpha value is -3.03. The van der Waals surface area contributed by atoms with Gasteiger partial charge in [-0.2, -0.15) is 0 Å². The molecule has 4 rings (SSSR count). The number of rotatable bonds is 4. The van der Waals surface area contributed by atoms with Gasteiger partial charge in [-0.1, -0.05) is 0 Å². The van der Waals surface area contributed by atoms with Gasteiger partial charge in [0.1, 0.15) is 11.3 Å². The van der Waals surface area contributed by atoms with E-state index in [1.54, 1.807) is 26.4 Å². The summed E-state index contributed by atoms with van der Waals surface area (Å²) in [5.74, 6) is 1.08. The highest BCUT2D eigenvalue weighted by Crippen LogP contribution is 2.29. The molecule has 3 heterocycles. The first-order valence-electron chi connectivity index (χ1n) is 9.18. The Kier molecular flexibility index (Phi) is 4.25. The van der Waals surface area contributed by atoms with Crippen LogP contribution in [0, 0.1) is 0 Å². The summed E-state index contributed by atoms with van der Waals surface area (Å²) in [6.07, 6.45) is 3.83. The van der Waals surface area contributed by atoms with E-state index in [1.165, 1.54) is 4.90 Å². The van der Waals surface area contributed by atoms with Crippen LogP contribution >= 0.6 is 0 Å². The van der Waals surface area contributed by atoms with Crippen molar-refractivity contribution in [1.29, 1.82) is 0 Å². The molecule has 0 saturated carbocycles. The standard InChI is InChI=1S/C19H23N5O3/c1-4-27-16-10-14-13(9-12(16)18(26)22(2)3)21-17(25)15-11-20-19(24(14)15)23-7-5-6-8-23/h9-11H,4-8H2,1-3H3,(H,21,25). The number of aromatic nitrogens is 3. The van der Waals surface area contributed by atoms with Gasteiger partial charge >= 0.3 is 0 Å². The van der Waals surface area contributed by atoms with Gasteiger partial charge in [-0.3, -0.25) is 14.0 Å². The Bertz CT molecular complexity index is 1080. The number of imidazole rings is 1. The normalized spacial score (nSPS) is 14.3. The van der Waals surface area contributed by atoms with E-state index in [1.807, 2.05) is 17.4 Å². The van der Waals surface area contributed by atoms with E-state index in [2.05, 4.69) is 14.9 Å². The molecule has 1 fully saturated rings. The summed E-state index contributed by atoms with van der Waals surface area (Å²) in [5.41, 5.74) is 2.03. The van der Waals surface area contributed by atoms with Crippen LogP contribution < -0.4 is 15.2 Å². The number of amides is 1. The minimum absolute atomic E-state index is 0.174. The molecule has 8 heteroatoms. The first kappa shape index (κ1) is 17.4. The zero-order chi connectivity index (χ0) is 19.1. The molecule has 0 aliphatic carbocycles.